The van der Waals surface area contributed by atoms with Gasteiger partial charge in [-0.2, -0.15) is 0 Å². The first-order chi connectivity index (χ1) is 8.63. The van der Waals surface area contributed by atoms with Crippen LogP contribution in [0.4, 0.5) is 9.93 Å². The Morgan fingerprint density at radius 1 is 1.44 bits per heavy atom. The molecule has 2 rings (SSSR count). The second-order valence-corrected chi connectivity index (χ2v) is 5.98. The van der Waals surface area contributed by atoms with Gasteiger partial charge in [-0.1, -0.05) is 23.1 Å². The quantitative estimate of drug-likeness (QED) is 0.558. The molecule has 0 atom stereocenters. The number of nitrogens with zero attached hydrogens (tertiary/aromatic N) is 2. The summed E-state index contributed by atoms with van der Waals surface area (Å²) < 4.78 is 0.524. The molecule has 0 unspecified atom stereocenters. The van der Waals surface area contributed by atoms with Gasteiger partial charge in [0.2, 0.25) is 5.13 Å². The second kappa shape index (κ2) is 6.01. The molecule has 98 valence electrons. The first kappa shape index (κ1) is 13.1. The highest BCUT2D eigenvalue weighted by Gasteiger charge is 2.19. The van der Waals surface area contributed by atoms with Crippen LogP contribution in [0.3, 0.4) is 0 Å². The van der Waals surface area contributed by atoms with Gasteiger partial charge in [0.15, 0.2) is 4.34 Å². The van der Waals surface area contributed by atoms with E-state index in [1.54, 1.807) is 0 Å². The molecule has 1 aromatic heterocycles. The largest absolute Gasteiger partial charge is 0.481 e. The second-order valence-electron chi connectivity index (χ2n) is 3.78. The van der Waals surface area contributed by atoms with E-state index >= 15 is 0 Å². The van der Waals surface area contributed by atoms with Gasteiger partial charge in [0.25, 0.3) is 0 Å². The Morgan fingerprint density at radius 2 is 2.22 bits per heavy atom. The zero-order chi connectivity index (χ0) is 13.0. The Balaban J connectivity index is 1.78. The summed E-state index contributed by atoms with van der Waals surface area (Å²) in [7, 11) is 0. The van der Waals surface area contributed by atoms with Gasteiger partial charge >= 0.3 is 12.0 Å². The molecule has 3 N–H and O–H groups in total. The summed E-state index contributed by atoms with van der Waals surface area (Å²) >= 11 is 2.24. The Kier molecular flexibility index (Phi) is 4.37. The number of urea groups is 1. The first-order valence-electron chi connectivity index (χ1n) is 5.39. The fraction of sp³-hybridized carbons (Fsp3) is 0.556. The van der Waals surface area contributed by atoms with Crippen LogP contribution in [0.25, 0.3) is 0 Å². The van der Waals surface area contributed by atoms with Crippen LogP contribution in [0.1, 0.15) is 19.3 Å². The normalized spacial score (nSPS) is 14.9. The summed E-state index contributed by atoms with van der Waals surface area (Å²) in [4.78, 5) is 21.9. The highest BCUT2D eigenvalue weighted by Crippen LogP contribution is 2.25. The SMILES string of the molecule is O=C(O)CSc1nnc(NC(=O)NC2CCC2)s1. The molecule has 0 radical (unpaired) electrons. The lowest BCUT2D eigenvalue weighted by atomic mass is 9.93. The molecule has 9 heteroatoms. The van der Waals surface area contributed by atoms with E-state index in [1.165, 1.54) is 0 Å². The van der Waals surface area contributed by atoms with Crippen molar-refractivity contribution >= 4 is 40.2 Å². The predicted molar refractivity (Wildman–Crippen MR) is 68.1 cm³/mol. The van der Waals surface area contributed by atoms with Crippen LogP contribution in [-0.4, -0.2) is 39.1 Å². The van der Waals surface area contributed by atoms with Crippen molar-refractivity contribution in [1.82, 2.24) is 15.5 Å². The van der Waals surface area contributed by atoms with Crippen molar-refractivity contribution in [1.29, 1.82) is 0 Å². The molecule has 0 aliphatic heterocycles. The number of carboxylic acid groups (broad SMARTS) is 1. The number of aromatic nitrogens is 2. The van der Waals surface area contributed by atoms with Crippen LogP contribution in [0.15, 0.2) is 4.34 Å². The number of carbonyl (C=O) groups is 2. The number of aliphatic carboxylic acids is 1. The summed E-state index contributed by atoms with van der Waals surface area (Å²) in [6.07, 6.45) is 3.19. The molecule has 0 spiro atoms. The van der Waals surface area contributed by atoms with E-state index in [0.29, 0.717) is 9.47 Å². The molecule has 7 nitrogen and oxygen atoms in total. The van der Waals surface area contributed by atoms with E-state index < -0.39 is 5.97 Å². The van der Waals surface area contributed by atoms with Crippen molar-refractivity contribution in [2.75, 3.05) is 11.1 Å². The van der Waals surface area contributed by atoms with Crippen LogP contribution < -0.4 is 10.6 Å². The number of hydrogen-bond acceptors (Lipinski definition) is 6. The molecular weight excluding hydrogens is 276 g/mol. The average molecular weight is 288 g/mol. The summed E-state index contributed by atoms with van der Waals surface area (Å²) in [6.45, 7) is 0. The lowest BCUT2D eigenvalue weighted by molar-refractivity contribution is -0.133. The van der Waals surface area contributed by atoms with Crippen molar-refractivity contribution < 1.29 is 14.7 Å². The summed E-state index contributed by atoms with van der Waals surface area (Å²) in [5.74, 6) is -0.976. The third-order valence-corrected chi connectivity index (χ3v) is 4.34. The minimum absolute atomic E-state index is 0.0666. The molecule has 1 aliphatic rings. The van der Waals surface area contributed by atoms with Gasteiger partial charge in [-0.15, -0.1) is 10.2 Å². The van der Waals surface area contributed by atoms with E-state index in [-0.39, 0.29) is 17.8 Å². The molecule has 2 amide bonds. The monoisotopic (exact) mass is 288 g/mol. The Labute approximate surface area is 111 Å². The summed E-state index contributed by atoms with van der Waals surface area (Å²) in [5.41, 5.74) is 0. The third-order valence-electron chi connectivity index (χ3n) is 2.39. The topological polar surface area (TPSA) is 104 Å². The van der Waals surface area contributed by atoms with Gasteiger partial charge in [0.05, 0.1) is 5.75 Å². The Hall–Kier alpha value is -1.35. The zero-order valence-corrected chi connectivity index (χ0v) is 11.0. The van der Waals surface area contributed by atoms with Crippen LogP contribution in [0.2, 0.25) is 0 Å². The van der Waals surface area contributed by atoms with Gasteiger partial charge in [0.1, 0.15) is 0 Å². The molecular formula is C9H12N4O3S2. The maximum atomic E-state index is 11.5. The molecule has 1 heterocycles. The van der Waals surface area contributed by atoms with Crippen LogP contribution in [0.5, 0.6) is 0 Å². The standard InChI is InChI=1S/C9H12N4O3S2/c14-6(15)4-17-9-13-12-8(18-9)11-7(16)10-5-2-1-3-5/h5H,1-4H2,(H,14,15)(H2,10,11,12,16). The van der Waals surface area contributed by atoms with Crippen molar-refractivity contribution in [3.8, 4) is 0 Å². The number of anilines is 1. The molecule has 0 bridgehead atoms. The summed E-state index contributed by atoms with van der Waals surface area (Å²) in [6, 6.07) is -0.0237. The fourth-order valence-electron chi connectivity index (χ4n) is 1.31. The van der Waals surface area contributed by atoms with E-state index in [1.807, 2.05) is 0 Å². The van der Waals surface area contributed by atoms with Gasteiger partial charge < -0.3 is 10.4 Å². The van der Waals surface area contributed by atoms with Crippen LogP contribution >= 0.6 is 23.1 Å². The number of rotatable bonds is 5. The van der Waals surface area contributed by atoms with Crippen molar-refractivity contribution in [3.63, 3.8) is 0 Å². The van der Waals surface area contributed by atoms with Crippen molar-refractivity contribution in [2.45, 2.75) is 29.6 Å². The minimum Gasteiger partial charge on any atom is -0.481 e. The Bertz CT molecular complexity index is 447. The van der Waals surface area contributed by atoms with Gasteiger partial charge in [0, 0.05) is 6.04 Å². The highest BCUT2D eigenvalue weighted by molar-refractivity contribution is 8.01. The molecule has 1 saturated carbocycles. The average Bonchev–Trinajstić information content (AvgIpc) is 2.68. The van der Waals surface area contributed by atoms with Gasteiger partial charge in [-0.25, -0.2) is 4.79 Å². The smallest absolute Gasteiger partial charge is 0.321 e. The number of hydrogen-bond donors (Lipinski definition) is 3. The lowest BCUT2D eigenvalue weighted by Gasteiger charge is -2.25. The number of thioether (sulfide) groups is 1. The number of nitrogens with one attached hydrogen (secondary N) is 2. The van der Waals surface area contributed by atoms with E-state index in [0.717, 1.165) is 42.4 Å². The molecule has 1 fully saturated rings. The summed E-state index contributed by atoms with van der Waals surface area (Å²) in [5, 5.41) is 21.8. The maximum absolute atomic E-state index is 11.5. The maximum Gasteiger partial charge on any atom is 0.321 e. The van der Waals surface area contributed by atoms with E-state index in [9.17, 15) is 9.59 Å². The van der Waals surface area contributed by atoms with E-state index in [4.69, 9.17) is 5.11 Å². The number of carbonyl (C=O) groups excluding carboxylic acids is 1. The zero-order valence-electron chi connectivity index (χ0n) is 9.38. The molecule has 1 aliphatic carbocycles. The fourth-order valence-corrected chi connectivity index (χ4v) is 2.78. The third kappa shape index (κ3) is 3.84. The van der Waals surface area contributed by atoms with Gasteiger partial charge in [-0.3, -0.25) is 10.1 Å². The molecule has 0 saturated heterocycles. The number of carboxylic acids is 1. The highest BCUT2D eigenvalue weighted by atomic mass is 32.2. The predicted octanol–water partition coefficient (Wildman–Crippen LogP) is 1.39. The lowest BCUT2D eigenvalue weighted by Crippen LogP contribution is -2.41. The molecule has 0 aromatic carbocycles. The molecule has 1 aromatic rings. The number of amides is 2. The molecule has 18 heavy (non-hydrogen) atoms. The van der Waals surface area contributed by atoms with Crippen LogP contribution in [0, 0.1) is 0 Å². The van der Waals surface area contributed by atoms with Crippen molar-refractivity contribution in [2.24, 2.45) is 0 Å². The van der Waals surface area contributed by atoms with Crippen LogP contribution in [-0.2, 0) is 4.79 Å². The van der Waals surface area contributed by atoms with E-state index in [2.05, 4.69) is 20.8 Å². The minimum atomic E-state index is -0.910. The first-order valence-corrected chi connectivity index (χ1v) is 7.19. The Morgan fingerprint density at radius 3 is 2.83 bits per heavy atom. The van der Waals surface area contributed by atoms with Gasteiger partial charge in [-0.05, 0) is 19.3 Å². The van der Waals surface area contributed by atoms with Crippen molar-refractivity contribution in [3.05, 3.63) is 0 Å².